The topological polar surface area (TPSA) is 67.3 Å². The fourth-order valence-electron chi connectivity index (χ4n) is 3.45. The molecule has 1 aliphatic heterocycles. The first-order valence-electron chi connectivity index (χ1n) is 9.41. The van der Waals surface area contributed by atoms with Crippen molar-refractivity contribution in [1.82, 2.24) is 9.36 Å². The maximum Gasteiger partial charge on any atom is 0.247 e. The highest BCUT2D eigenvalue weighted by Crippen LogP contribution is 2.29. The summed E-state index contributed by atoms with van der Waals surface area (Å²) in [7, 11) is 1.64. The van der Waals surface area contributed by atoms with Gasteiger partial charge >= 0.3 is 0 Å². The fraction of sp³-hybridized carbons (Fsp3) is 0.286. The number of carbonyl (C=O) groups is 1. The van der Waals surface area contributed by atoms with Gasteiger partial charge in [-0.3, -0.25) is 4.79 Å². The molecule has 0 saturated carbocycles. The van der Waals surface area contributed by atoms with E-state index in [-0.39, 0.29) is 17.6 Å². The Balaban J connectivity index is 1.46. The lowest BCUT2D eigenvalue weighted by atomic mass is 10.1. The first-order chi connectivity index (χ1) is 14.1. The molecule has 1 fully saturated rings. The van der Waals surface area contributed by atoms with Crippen LogP contribution in [0.15, 0.2) is 48.5 Å². The number of ether oxygens (including phenoxy) is 1. The normalized spacial score (nSPS) is 16.1. The fourth-order valence-corrected chi connectivity index (χ4v) is 4.21. The predicted octanol–water partition coefficient (Wildman–Crippen LogP) is 3.88. The van der Waals surface area contributed by atoms with Gasteiger partial charge in [-0.2, -0.15) is 4.37 Å². The van der Waals surface area contributed by atoms with Crippen molar-refractivity contribution in [2.75, 3.05) is 23.9 Å². The summed E-state index contributed by atoms with van der Waals surface area (Å²) in [5.74, 6) is 0.833. The van der Waals surface area contributed by atoms with Crippen molar-refractivity contribution in [2.45, 2.75) is 25.3 Å². The highest BCUT2D eigenvalue weighted by molar-refractivity contribution is 7.09. The molecule has 1 aliphatic rings. The minimum absolute atomic E-state index is 0.195. The van der Waals surface area contributed by atoms with Gasteiger partial charge in [0.15, 0.2) is 0 Å². The summed E-state index contributed by atoms with van der Waals surface area (Å²) in [6, 6.07) is 13.6. The number of aromatic nitrogens is 2. The van der Waals surface area contributed by atoms with Crippen molar-refractivity contribution in [3.8, 4) is 5.75 Å². The van der Waals surface area contributed by atoms with Crippen LogP contribution in [0.3, 0.4) is 0 Å². The number of anilines is 2. The number of nitrogens with zero attached hydrogens (tertiary/aromatic N) is 3. The van der Waals surface area contributed by atoms with Crippen molar-refractivity contribution in [3.63, 3.8) is 0 Å². The summed E-state index contributed by atoms with van der Waals surface area (Å²) in [4.78, 5) is 19.3. The molecule has 0 radical (unpaired) electrons. The number of hydrogen-bond acceptors (Lipinski definition) is 6. The second-order valence-electron chi connectivity index (χ2n) is 6.84. The van der Waals surface area contributed by atoms with E-state index in [1.54, 1.807) is 25.3 Å². The molecule has 6 nitrogen and oxygen atoms in total. The largest absolute Gasteiger partial charge is 0.497 e. The van der Waals surface area contributed by atoms with E-state index in [9.17, 15) is 9.18 Å². The maximum absolute atomic E-state index is 13.9. The van der Waals surface area contributed by atoms with E-state index < -0.39 is 5.82 Å². The summed E-state index contributed by atoms with van der Waals surface area (Å²) in [5.41, 5.74) is 1.25. The Morgan fingerprint density at radius 1 is 1.31 bits per heavy atom. The van der Waals surface area contributed by atoms with Crippen molar-refractivity contribution in [3.05, 3.63) is 65.7 Å². The van der Waals surface area contributed by atoms with E-state index in [1.807, 2.05) is 29.2 Å². The number of carbonyl (C=O) groups excluding carboxylic acids is 1. The van der Waals surface area contributed by atoms with E-state index in [1.165, 1.54) is 17.6 Å². The number of benzene rings is 2. The molecule has 0 aliphatic carbocycles. The molecule has 0 bridgehead atoms. The number of methoxy groups -OCH3 is 1. The van der Waals surface area contributed by atoms with E-state index in [0.29, 0.717) is 23.8 Å². The summed E-state index contributed by atoms with van der Waals surface area (Å²) in [5, 5.41) is 3.41. The van der Waals surface area contributed by atoms with Crippen molar-refractivity contribution in [2.24, 2.45) is 0 Å². The van der Waals surface area contributed by atoms with Gasteiger partial charge in [0.05, 0.1) is 12.8 Å². The molecule has 8 heteroatoms. The Morgan fingerprint density at radius 3 is 3.00 bits per heavy atom. The number of para-hydroxylation sites is 1. The number of hydrogen-bond donors (Lipinski definition) is 1. The zero-order valence-corrected chi connectivity index (χ0v) is 16.8. The molecule has 150 valence electrons. The third kappa shape index (κ3) is 4.37. The maximum atomic E-state index is 13.9. The van der Waals surface area contributed by atoms with Crippen LogP contribution in [0.5, 0.6) is 5.75 Å². The van der Waals surface area contributed by atoms with Gasteiger partial charge in [-0.1, -0.05) is 24.3 Å². The third-order valence-corrected chi connectivity index (χ3v) is 5.68. The highest BCUT2D eigenvalue weighted by atomic mass is 32.1. The number of amides is 1. The van der Waals surface area contributed by atoms with Crippen LogP contribution in [-0.2, 0) is 11.2 Å². The smallest absolute Gasteiger partial charge is 0.247 e. The monoisotopic (exact) mass is 412 g/mol. The molecule has 4 rings (SSSR count). The predicted molar refractivity (Wildman–Crippen MR) is 111 cm³/mol. The zero-order valence-electron chi connectivity index (χ0n) is 16.0. The molecular formula is C21H21FN4O2S. The molecule has 2 heterocycles. The minimum Gasteiger partial charge on any atom is -0.497 e. The van der Waals surface area contributed by atoms with Gasteiger partial charge in [-0.15, -0.1) is 0 Å². The Bertz CT molecular complexity index is 1010. The lowest BCUT2D eigenvalue weighted by Crippen LogP contribution is -2.39. The molecule has 1 N–H and O–H groups in total. The van der Waals surface area contributed by atoms with E-state index in [2.05, 4.69) is 14.7 Å². The number of rotatable bonds is 6. The first-order valence-corrected chi connectivity index (χ1v) is 10.2. The Hall–Kier alpha value is -3.00. The van der Waals surface area contributed by atoms with Crippen LogP contribution < -0.4 is 15.0 Å². The number of nitrogens with one attached hydrogen (secondary N) is 1. The van der Waals surface area contributed by atoms with Gasteiger partial charge in [0.25, 0.3) is 0 Å². The molecule has 0 unspecified atom stereocenters. The molecule has 1 amide bonds. The lowest BCUT2D eigenvalue weighted by molar-refractivity contribution is -0.117. The summed E-state index contributed by atoms with van der Waals surface area (Å²) in [6.07, 6.45) is 2.17. The van der Waals surface area contributed by atoms with Crippen LogP contribution >= 0.6 is 11.5 Å². The molecule has 2 aromatic carbocycles. The van der Waals surface area contributed by atoms with Gasteiger partial charge in [-0.05, 0) is 42.7 Å². The second kappa shape index (κ2) is 8.57. The van der Waals surface area contributed by atoms with Gasteiger partial charge in [0, 0.05) is 24.5 Å². The standard InChI is InChI=1S/C21H21FN4O2S/c1-28-15-7-4-6-14(12-15)13-19-24-21(29-25-19)26-11-5-10-18(26)20(27)23-17-9-3-2-8-16(17)22/h2-4,6-9,12,18H,5,10-11,13H2,1H3,(H,23,27)/t18-/m1/s1. The van der Waals surface area contributed by atoms with Gasteiger partial charge in [-0.25, -0.2) is 9.37 Å². The van der Waals surface area contributed by atoms with Gasteiger partial charge in [0.2, 0.25) is 11.0 Å². The van der Waals surface area contributed by atoms with Crippen molar-refractivity contribution in [1.29, 1.82) is 0 Å². The third-order valence-electron chi connectivity index (χ3n) is 4.89. The van der Waals surface area contributed by atoms with Crippen LogP contribution in [0.4, 0.5) is 15.2 Å². The van der Waals surface area contributed by atoms with E-state index >= 15 is 0 Å². The number of halogens is 1. The SMILES string of the molecule is COc1cccc(Cc2nsc(N3CCC[C@@H]3C(=O)Nc3ccccc3F)n2)c1. The van der Waals surface area contributed by atoms with Crippen LogP contribution in [0, 0.1) is 5.82 Å². The van der Waals surface area contributed by atoms with Crippen LogP contribution in [-0.4, -0.2) is 35.0 Å². The Labute approximate surface area is 172 Å². The molecule has 3 aromatic rings. The van der Waals surface area contributed by atoms with E-state index in [0.717, 1.165) is 24.3 Å². The summed E-state index contributed by atoms with van der Waals surface area (Å²) < 4.78 is 23.6. The summed E-state index contributed by atoms with van der Waals surface area (Å²) >= 11 is 1.29. The van der Waals surface area contributed by atoms with Gasteiger partial charge < -0.3 is 15.0 Å². The molecule has 29 heavy (non-hydrogen) atoms. The van der Waals surface area contributed by atoms with Crippen molar-refractivity contribution >= 4 is 28.3 Å². The average Bonchev–Trinajstić information content (AvgIpc) is 3.39. The molecule has 1 atom stereocenters. The van der Waals surface area contributed by atoms with E-state index in [4.69, 9.17) is 4.74 Å². The first kappa shape index (κ1) is 19.3. The Morgan fingerprint density at radius 2 is 2.17 bits per heavy atom. The molecular weight excluding hydrogens is 391 g/mol. The average molecular weight is 412 g/mol. The molecule has 1 aromatic heterocycles. The second-order valence-corrected chi connectivity index (χ2v) is 7.57. The molecule has 0 spiro atoms. The van der Waals surface area contributed by atoms with Crippen LogP contribution in [0.2, 0.25) is 0 Å². The summed E-state index contributed by atoms with van der Waals surface area (Å²) in [6.45, 7) is 0.725. The zero-order chi connectivity index (χ0) is 20.2. The lowest BCUT2D eigenvalue weighted by Gasteiger charge is -2.22. The van der Waals surface area contributed by atoms with Crippen LogP contribution in [0.1, 0.15) is 24.2 Å². The van der Waals surface area contributed by atoms with Crippen LogP contribution in [0.25, 0.3) is 0 Å². The highest BCUT2D eigenvalue weighted by Gasteiger charge is 2.33. The quantitative estimate of drug-likeness (QED) is 0.665. The molecule has 1 saturated heterocycles. The van der Waals surface area contributed by atoms with Gasteiger partial charge in [0.1, 0.15) is 23.4 Å². The Kier molecular flexibility index (Phi) is 5.71. The van der Waals surface area contributed by atoms with Crippen molar-refractivity contribution < 1.29 is 13.9 Å². The minimum atomic E-state index is -0.443.